The Kier molecular flexibility index (Phi) is 3.38. The van der Waals surface area contributed by atoms with Crippen molar-refractivity contribution in [2.24, 2.45) is 7.05 Å². The third-order valence-corrected chi connectivity index (χ3v) is 5.32. The van der Waals surface area contributed by atoms with E-state index in [1.54, 1.807) is 16.9 Å². The molecule has 0 aromatic carbocycles. The van der Waals surface area contributed by atoms with Gasteiger partial charge in [0.25, 0.3) is 0 Å². The van der Waals surface area contributed by atoms with Gasteiger partial charge < -0.3 is 9.84 Å². The van der Waals surface area contributed by atoms with Crippen molar-refractivity contribution in [1.29, 1.82) is 0 Å². The Morgan fingerprint density at radius 2 is 2.25 bits per heavy atom. The van der Waals surface area contributed by atoms with E-state index < -0.39 is 5.97 Å². The van der Waals surface area contributed by atoms with Gasteiger partial charge in [0.05, 0.1) is 23.1 Å². The molecule has 0 bridgehead atoms. The van der Waals surface area contributed by atoms with Gasteiger partial charge >= 0.3 is 5.97 Å². The number of fused-ring (bicyclic) bond motifs is 3. The lowest BCUT2D eigenvalue weighted by Crippen LogP contribution is -2.08. The van der Waals surface area contributed by atoms with Crippen LogP contribution in [0.4, 0.5) is 0 Å². The molecule has 24 heavy (non-hydrogen) atoms. The van der Waals surface area contributed by atoms with E-state index in [0.717, 1.165) is 34.5 Å². The van der Waals surface area contributed by atoms with Gasteiger partial charge in [-0.3, -0.25) is 9.67 Å². The third kappa shape index (κ3) is 2.20. The normalized spacial score (nSPS) is 12.6. The van der Waals surface area contributed by atoms with Gasteiger partial charge in [-0.25, -0.2) is 4.79 Å². The molecule has 3 aromatic rings. The summed E-state index contributed by atoms with van der Waals surface area (Å²) in [5.74, 6) is -0.285. The number of carboxylic acid groups (broad SMARTS) is 1. The zero-order valence-electron chi connectivity index (χ0n) is 13.2. The van der Waals surface area contributed by atoms with Crippen LogP contribution < -0.4 is 4.74 Å². The lowest BCUT2D eigenvalue weighted by atomic mass is 9.92. The van der Waals surface area contributed by atoms with Gasteiger partial charge in [0.1, 0.15) is 10.6 Å². The average molecular weight is 341 g/mol. The maximum Gasteiger partial charge on any atom is 0.346 e. The van der Waals surface area contributed by atoms with Crippen LogP contribution in [0.15, 0.2) is 24.5 Å². The third-order valence-electron chi connectivity index (χ3n) is 4.23. The Labute approximate surface area is 142 Å². The molecule has 0 fully saturated rings. The molecule has 122 valence electrons. The molecule has 0 saturated heterocycles. The maximum atomic E-state index is 11.7. The molecule has 0 spiro atoms. The smallest absolute Gasteiger partial charge is 0.346 e. The molecule has 3 heterocycles. The van der Waals surface area contributed by atoms with Crippen molar-refractivity contribution in [3.05, 3.63) is 46.2 Å². The van der Waals surface area contributed by atoms with Gasteiger partial charge in [-0.2, -0.15) is 5.10 Å². The molecule has 1 aliphatic rings. The van der Waals surface area contributed by atoms with Crippen LogP contribution in [0.5, 0.6) is 10.8 Å². The monoisotopic (exact) mass is 341 g/mol. The number of carbonyl (C=O) groups is 1. The molecular weight excluding hydrogens is 326 g/mol. The highest BCUT2D eigenvalue weighted by atomic mass is 32.1. The van der Waals surface area contributed by atoms with E-state index in [0.29, 0.717) is 22.1 Å². The Morgan fingerprint density at radius 3 is 3.00 bits per heavy atom. The van der Waals surface area contributed by atoms with Gasteiger partial charge in [-0.15, -0.1) is 0 Å². The number of aromatic carboxylic acids is 1. The predicted octanol–water partition coefficient (Wildman–Crippen LogP) is 3.44. The van der Waals surface area contributed by atoms with Gasteiger partial charge in [-0.05, 0) is 43.0 Å². The summed E-state index contributed by atoms with van der Waals surface area (Å²) < 4.78 is 7.86. The number of carboxylic acids is 1. The fourth-order valence-electron chi connectivity index (χ4n) is 3.09. The molecule has 7 heteroatoms. The van der Waals surface area contributed by atoms with Gasteiger partial charge in [0.2, 0.25) is 0 Å². The highest BCUT2D eigenvalue weighted by molar-refractivity contribution is 7.16. The molecule has 0 atom stereocenters. The second-order valence-corrected chi connectivity index (χ2v) is 6.69. The first-order valence-corrected chi connectivity index (χ1v) is 8.37. The van der Waals surface area contributed by atoms with Crippen LogP contribution in [-0.2, 0) is 19.9 Å². The second-order valence-electron chi connectivity index (χ2n) is 5.71. The first-order chi connectivity index (χ1) is 11.6. The Hall–Kier alpha value is -2.67. The summed E-state index contributed by atoms with van der Waals surface area (Å²) in [5, 5.41) is 14.5. The van der Waals surface area contributed by atoms with Crippen molar-refractivity contribution in [1.82, 2.24) is 14.8 Å². The molecule has 6 nitrogen and oxygen atoms in total. The molecule has 3 aromatic heterocycles. The largest absolute Gasteiger partial charge is 0.477 e. The van der Waals surface area contributed by atoms with Crippen molar-refractivity contribution in [2.75, 3.05) is 0 Å². The maximum absolute atomic E-state index is 11.7. The van der Waals surface area contributed by atoms with E-state index in [-0.39, 0.29) is 0 Å². The predicted molar refractivity (Wildman–Crippen MR) is 89.9 cm³/mol. The van der Waals surface area contributed by atoms with Crippen molar-refractivity contribution >= 4 is 17.3 Å². The van der Waals surface area contributed by atoms with Crippen molar-refractivity contribution in [3.63, 3.8) is 0 Å². The summed E-state index contributed by atoms with van der Waals surface area (Å²) in [6, 6.07) is 3.64. The SMILES string of the molecule is Cc1ncccc1Oc1sc(C(=O)O)c2c1-c1c(cnn1C)CC2. The zero-order valence-corrected chi connectivity index (χ0v) is 14.1. The lowest BCUT2D eigenvalue weighted by molar-refractivity contribution is 0.0701. The number of ether oxygens (including phenoxy) is 1. The number of hydrogen-bond donors (Lipinski definition) is 1. The van der Waals surface area contributed by atoms with Crippen LogP contribution >= 0.6 is 11.3 Å². The van der Waals surface area contributed by atoms with Crippen LogP contribution in [-0.4, -0.2) is 25.8 Å². The molecule has 0 unspecified atom stereocenters. The Bertz CT molecular complexity index is 958. The highest BCUT2D eigenvalue weighted by Gasteiger charge is 2.31. The minimum absolute atomic E-state index is 0.341. The van der Waals surface area contributed by atoms with E-state index in [4.69, 9.17) is 4.74 Å². The average Bonchev–Trinajstić information content (AvgIpc) is 3.11. The Morgan fingerprint density at radius 1 is 1.42 bits per heavy atom. The van der Waals surface area contributed by atoms with Gasteiger partial charge in [-0.1, -0.05) is 11.3 Å². The summed E-state index contributed by atoms with van der Waals surface area (Å²) in [5.41, 5.74) is 4.50. The van der Waals surface area contributed by atoms with Gasteiger partial charge in [0.15, 0.2) is 5.06 Å². The molecule has 0 aliphatic heterocycles. The van der Waals surface area contributed by atoms with Crippen LogP contribution in [0.3, 0.4) is 0 Å². The van der Waals surface area contributed by atoms with Crippen LogP contribution in [0, 0.1) is 6.92 Å². The van der Waals surface area contributed by atoms with E-state index in [1.165, 1.54) is 11.3 Å². The lowest BCUT2D eigenvalue weighted by Gasteiger charge is -2.16. The second kappa shape index (κ2) is 5.45. The molecule has 0 amide bonds. The van der Waals surface area contributed by atoms with Crippen LogP contribution in [0.25, 0.3) is 11.3 Å². The summed E-state index contributed by atoms with van der Waals surface area (Å²) in [7, 11) is 1.87. The summed E-state index contributed by atoms with van der Waals surface area (Å²) in [4.78, 5) is 16.2. The summed E-state index contributed by atoms with van der Waals surface area (Å²) in [6.45, 7) is 1.86. The van der Waals surface area contributed by atoms with E-state index >= 15 is 0 Å². The van der Waals surface area contributed by atoms with E-state index in [9.17, 15) is 9.90 Å². The summed E-state index contributed by atoms with van der Waals surface area (Å²) >= 11 is 1.17. The van der Waals surface area contributed by atoms with Crippen LogP contribution in [0.1, 0.15) is 26.5 Å². The standard InChI is InChI=1S/C17H15N3O3S/c1-9-12(4-3-7-18-9)23-17-13-11(15(24-17)16(21)22)6-5-10-8-19-20(2)14(10)13/h3-4,7-8H,5-6H2,1-2H3,(H,21,22). The number of rotatable bonds is 3. The first kappa shape index (κ1) is 14.9. The summed E-state index contributed by atoms with van der Waals surface area (Å²) in [6.07, 6.45) is 5.02. The number of nitrogens with zero attached hydrogens (tertiary/aromatic N) is 3. The zero-order chi connectivity index (χ0) is 16.8. The highest BCUT2D eigenvalue weighted by Crippen LogP contribution is 2.48. The first-order valence-electron chi connectivity index (χ1n) is 7.56. The molecule has 1 aliphatic carbocycles. The molecule has 0 radical (unpaired) electrons. The minimum Gasteiger partial charge on any atom is -0.477 e. The van der Waals surface area contributed by atoms with E-state index in [2.05, 4.69) is 10.1 Å². The van der Waals surface area contributed by atoms with Crippen molar-refractivity contribution in [2.45, 2.75) is 19.8 Å². The van der Waals surface area contributed by atoms with Crippen molar-refractivity contribution < 1.29 is 14.6 Å². The molecular formula is C17H15N3O3S. The number of aromatic nitrogens is 3. The molecule has 0 saturated carbocycles. The molecule has 1 N–H and O–H groups in total. The Balaban J connectivity index is 1.91. The fourth-order valence-corrected chi connectivity index (χ4v) is 4.14. The molecule has 4 rings (SSSR count). The van der Waals surface area contributed by atoms with E-state index in [1.807, 2.05) is 26.2 Å². The number of thiophene rings is 1. The number of aryl methyl sites for hydroxylation is 3. The quantitative estimate of drug-likeness (QED) is 0.789. The minimum atomic E-state index is -0.917. The van der Waals surface area contributed by atoms with Crippen molar-refractivity contribution in [3.8, 4) is 22.1 Å². The van der Waals surface area contributed by atoms with Gasteiger partial charge in [0, 0.05) is 13.2 Å². The topological polar surface area (TPSA) is 77.2 Å². The van der Waals surface area contributed by atoms with Crippen LogP contribution in [0.2, 0.25) is 0 Å². The number of hydrogen-bond acceptors (Lipinski definition) is 5. The fraction of sp³-hybridized carbons (Fsp3) is 0.235. The number of pyridine rings is 1.